The molecule has 3 heterocycles. The number of nitrogens with one attached hydrogen (secondary N) is 2. The lowest BCUT2D eigenvalue weighted by molar-refractivity contribution is -0.120. The van der Waals surface area contributed by atoms with Crippen molar-refractivity contribution in [1.82, 2.24) is 20.2 Å². The number of hydrogen-bond donors (Lipinski definition) is 3. The van der Waals surface area contributed by atoms with E-state index in [2.05, 4.69) is 50.5 Å². The summed E-state index contributed by atoms with van der Waals surface area (Å²) in [6.45, 7) is 7.13. The van der Waals surface area contributed by atoms with Crippen molar-refractivity contribution in [3.05, 3.63) is 70.9 Å². The van der Waals surface area contributed by atoms with E-state index in [1.807, 2.05) is 18.5 Å². The predicted octanol–water partition coefficient (Wildman–Crippen LogP) is 3.18. The second kappa shape index (κ2) is 8.12. The number of carbonyl (C=O) groups is 1. The van der Waals surface area contributed by atoms with Crippen molar-refractivity contribution in [3.63, 3.8) is 0 Å². The summed E-state index contributed by atoms with van der Waals surface area (Å²) < 4.78 is 0. The summed E-state index contributed by atoms with van der Waals surface area (Å²) in [4.78, 5) is 24.0. The highest BCUT2D eigenvalue weighted by Crippen LogP contribution is 2.38. The summed E-state index contributed by atoms with van der Waals surface area (Å²) in [6, 6.07) is 6.11. The fourth-order valence-electron chi connectivity index (χ4n) is 4.65. The Morgan fingerprint density at radius 2 is 2.12 bits per heavy atom. The Labute approximate surface area is 193 Å². The monoisotopic (exact) mass is 443 g/mol. The first kappa shape index (κ1) is 21.3. The molecule has 4 N–H and O–H groups in total. The highest BCUT2D eigenvalue weighted by Gasteiger charge is 2.28. The summed E-state index contributed by atoms with van der Waals surface area (Å²) in [5.74, 6) is 1.04. The van der Waals surface area contributed by atoms with Gasteiger partial charge < -0.3 is 16.0 Å². The van der Waals surface area contributed by atoms with Crippen LogP contribution >= 0.6 is 0 Å². The quantitative estimate of drug-likeness (QED) is 0.571. The van der Waals surface area contributed by atoms with E-state index in [0.717, 1.165) is 48.7 Å². The van der Waals surface area contributed by atoms with Crippen LogP contribution in [0.25, 0.3) is 5.57 Å². The molecular formula is C25H29N7O. The predicted molar refractivity (Wildman–Crippen MR) is 129 cm³/mol. The fraction of sp³-hybridized carbons (Fsp3) is 0.360. The Kier molecular flexibility index (Phi) is 5.25. The molecule has 0 spiro atoms. The lowest BCUT2D eigenvalue weighted by Gasteiger charge is -2.33. The normalized spacial score (nSPS) is 17.8. The van der Waals surface area contributed by atoms with E-state index in [1.54, 1.807) is 20.2 Å². The highest BCUT2D eigenvalue weighted by atomic mass is 16.2. The molecule has 0 saturated heterocycles. The maximum Gasteiger partial charge on any atom is 0.243 e. The third-order valence-corrected chi connectivity index (χ3v) is 6.48. The van der Waals surface area contributed by atoms with Gasteiger partial charge in [-0.1, -0.05) is 12.1 Å². The van der Waals surface area contributed by atoms with Gasteiger partial charge >= 0.3 is 0 Å². The van der Waals surface area contributed by atoms with Gasteiger partial charge in [0.1, 0.15) is 12.1 Å². The summed E-state index contributed by atoms with van der Waals surface area (Å²) in [7, 11) is 0. The van der Waals surface area contributed by atoms with Crippen molar-refractivity contribution in [2.24, 2.45) is 5.73 Å². The zero-order valence-corrected chi connectivity index (χ0v) is 19.2. The molecule has 1 atom stereocenters. The Balaban J connectivity index is 1.43. The van der Waals surface area contributed by atoms with Crippen molar-refractivity contribution in [2.75, 3.05) is 16.8 Å². The van der Waals surface area contributed by atoms with Gasteiger partial charge in [-0.3, -0.25) is 9.89 Å². The van der Waals surface area contributed by atoms with Crippen LogP contribution in [0, 0.1) is 0 Å². The Bertz CT molecular complexity index is 1220. The third-order valence-electron chi connectivity index (χ3n) is 6.48. The number of anilines is 2. The maximum absolute atomic E-state index is 12.3. The Morgan fingerprint density at radius 1 is 1.27 bits per heavy atom. The minimum atomic E-state index is -0.932. The number of allylic oxidation sites excluding steroid dienone is 2. The van der Waals surface area contributed by atoms with Gasteiger partial charge in [0.2, 0.25) is 5.91 Å². The molecule has 0 fully saturated rings. The van der Waals surface area contributed by atoms with Crippen molar-refractivity contribution in [3.8, 4) is 0 Å². The molecule has 0 radical (unpaired) electrons. The summed E-state index contributed by atoms with van der Waals surface area (Å²) in [5.41, 5.74) is 12.8. The van der Waals surface area contributed by atoms with Crippen LogP contribution in [0.5, 0.6) is 0 Å². The number of nitrogens with two attached hydrogens (primary N) is 1. The summed E-state index contributed by atoms with van der Waals surface area (Å²) >= 11 is 0. The van der Waals surface area contributed by atoms with Crippen LogP contribution in [0.1, 0.15) is 54.6 Å². The summed E-state index contributed by atoms with van der Waals surface area (Å²) in [6.07, 6.45) is 9.54. The van der Waals surface area contributed by atoms with Crippen molar-refractivity contribution < 1.29 is 4.79 Å². The zero-order valence-electron chi connectivity index (χ0n) is 19.2. The average molecular weight is 444 g/mol. The van der Waals surface area contributed by atoms with Crippen molar-refractivity contribution in [2.45, 2.75) is 51.6 Å². The van der Waals surface area contributed by atoms with Gasteiger partial charge in [-0.2, -0.15) is 5.10 Å². The molecule has 3 aromatic rings. The Hall–Kier alpha value is -3.52. The van der Waals surface area contributed by atoms with Crippen LogP contribution in [0.15, 0.2) is 43.0 Å². The van der Waals surface area contributed by atoms with Gasteiger partial charge in [-0.15, -0.1) is 0 Å². The smallest absolute Gasteiger partial charge is 0.243 e. The minimum Gasteiger partial charge on any atom is -0.352 e. The van der Waals surface area contributed by atoms with Crippen LogP contribution in [0.2, 0.25) is 0 Å². The number of carbonyl (C=O) groups excluding carboxylic acids is 1. The molecule has 33 heavy (non-hydrogen) atoms. The molecule has 1 aliphatic carbocycles. The molecule has 0 bridgehead atoms. The van der Waals surface area contributed by atoms with Crippen molar-refractivity contribution in [1.29, 1.82) is 0 Å². The van der Waals surface area contributed by atoms with E-state index in [9.17, 15) is 4.79 Å². The minimum absolute atomic E-state index is 0.201. The molecular weight excluding hydrogens is 414 g/mol. The highest BCUT2D eigenvalue weighted by molar-refractivity contribution is 5.97. The standard InChI is InChI=1S/C25H29N7O/c1-15-8-17(19-11-29-30-12-19)10-21-22(15)27-14-28-23(21)32-7-6-16-4-5-20(9-18(16)13-32)31-24(33)25(2,3)26/h4-5,8-9,11-12,14,17H,6-7,10,13,26H2,1-3H3,(H,29,30)(H,31,33). The topological polar surface area (TPSA) is 113 Å². The van der Waals surface area contributed by atoms with E-state index < -0.39 is 5.54 Å². The lowest BCUT2D eigenvalue weighted by atomic mass is 9.85. The van der Waals surface area contributed by atoms with Gasteiger partial charge in [-0.05, 0) is 68.0 Å². The number of rotatable bonds is 4. The number of hydrogen-bond acceptors (Lipinski definition) is 6. The van der Waals surface area contributed by atoms with E-state index in [1.165, 1.54) is 22.3 Å². The van der Waals surface area contributed by atoms with E-state index >= 15 is 0 Å². The molecule has 1 aromatic carbocycles. The fourth-order valence-corrected chi connectivity index (χ4v) is 4.65. The molecule has 8 nitrogen and oxygen atoms in total. The van der Waals surface area contributed by atoms with Crippen LogP contribution in [0.4, 0.5) is 11.5 Å². The molecule has 1 unspecified atom stereocenters. The number of aromatic nitrogens is 4. The molecule has 5 rings (SSSR count). The van der Waals surface area contributed by atoms with Gasteiger partial charge in [0.25, 0.3) is 0 Å². The number of aromatic amines is 1. The van der Waals surface area contributed by atoms with E-state index in [0.29, 0.717) is 0 Å². The molecule has 170 valence electrons. The number of H-pyrrole nitrogens is 1. The lowest BCUT2D eigenvalue weighted by Crippen LogP contribution is -2.45. The van der Waals surface area contributed by atoms with Gasteiger partial charge in [0, 0.05) is 36.5 Å². The van der Waals surface area contributed by atoms with Crippen LogP contribution in [0.3, 0.4) is 0 Å². The summed E-state index contributed by atoms with van der Waals surface area (Å²) in [5, 5.41) is 9.99. The first-order valence-corrected chi connectivity index (χ1v) is 11.3. The molecule has 8 heteroatoms. The first-order valence-electron chi connectivity index (χ1n) is 11.3. The molecule has 1 amide bonds. The van der Waals surface area contributed by atoms with Gasteiger partial charge in [0.05, 0.1) is 17.4 Å². The van der Waals surface area contributed by atoms with E-state index in [4.69, 9.17) is 10.7 Å². The van der Waals surface area contributed by atoms with Gasteiger partial charge in [0.15, 0.2) is 0 Å². The largest absolute Gasteiger partial charge is 0.352 e. The van der Waals surface area contributed by atoms with Crippen molar-refractivity contribution >= 4 is 23.0 Å². The molecule has 0 saturated carbocycles. The number of benzene rings is 1. The maximum atomic E-state index is 12.3. The second-order valence-electron chi connectivity index (χ2n) is 9.55. The average Bonchev–Trinajstić information content (AvgIpc) is 3.33. The van der Waals surface area contributed by atoms with E-state index in [-0.39, 0.29) is 11.8 Å². The molecule has 1 aliphatic heterocycles. The Morgan fingerprint density at radius 3 is 2.88 bits per heavy atom. The third kappa shape index (κ3) is 4.14. The van der Waals surface area contributed by atoms with Crippen LogP contribution in [-0.2, 0) is 24.2 Å². The zero-order chi connectivity index (χ0) is 23.2. The second-order valence-corrected chi connectivity index (χ2v) is 9.55. The molecule has 2 aromatic heterocycles. The molecule has 2 aliphatic rings. The number of fused-ring (bicyclic) bond motifs is 2. The number of nitrogens with zero attached hydrogens (tertiary/aromatic N) is 4. The SMILES string of the molecule is CC1=CC(c2cn[nH]c2)Cc2c1ncnc2N1CCc2ccc(NC(=O)C(C)(C)N)cc2C1. The van der Waals surface area contributed by atoms with Crippen LogP contribution in [-0.4, -0.2) is 38.2 Å². The van der Waals surface area contributed by atoms with Crippen LogP contribution < -0.4 is 16.0 Å². The van der Waals surface area contributed by atoms with Gasteiger partial charge in [-0.25, -0.2) is 9.97 Å². The first-order chi connectivity index (χ1) is 15.8. The number of amides is 1.